The summed E-state index contributed by atoms with van der Waals surface area (Å²) < 4.78 is 4.90. The van der Waals surface area contributed by atoms with Crippen molar-refractivity contribution in [3.05, 3.63) is 61.9 Å². The molecule has 0 radical (unpaired) electrons. The highest BCUT2D eigenvalue weighted by atomic mass is 16.6. The van der Waals surface area contributed by atoms with Crippen molar-refractivity contribution in [3.8, 4) is 0 Å². The minimum atomic E-state index is -0.657. The average molecular weight is 275 g/mol. The van der Waals surface area contributed by atoms with Crippen molar-refractivity contribution in [2.24, 2.45) is 4.99 Å². The zero-order valence-corrected chi connectivity index (χ0v) is 10.3. The van der Waals surface area contributed by atoms with Crippen molar-refractivity contribution in [3.63, 3.8) is 0 Å². The van der Waals surface area contributed by atoms with Gasteiger partial charge in [-0.25, -0.2) is 0 Å². The summed E-state index contributed by atoms with van der Waals surface area (Å²) in [6.45, 7) is 1.75. The van der Waals surface area contributed by atoms with Crippen molar-refractivity contribution in [2.45, 2.75) is 6.92 Å². The first-order chi connectivity index (χ1) is 9.47. The summed E-state index contributed by atoms with van der Waals surface area (Å²) >= 11 is 0. The number of nitro benzene ring substituents is 1. The number of nitro groups is 2. The Labute approximate surface area is 112 Å². The summed E-state index contributed by atoms with van der Waals surface area (Å²) in [6.07, 6.45) is 1.28. The fraction of sp³-hybridized carbons (Fsp3) is 0.0833. The van der Waals surface area contributed by atoms with E-state index in [9.17, 15) is 20.2 Å². The number of aryl methyl sites for hydroxylation is 1. The summed E-state index contributed by atoms with van der Waals surface area (Å²) in [6, 6.07) is 6.89. The zero-order valence-electron chi connectivity index (χ0n) is 10.3. The highest BCUT2D eigenvalue weighted by Crippen LogP contribution is 2.24. The molecule has 0 saturated heterocycles. The number of furan rings is 1. The lowest BCUT2D eigenvalue weighted by Gasteiger charge is -1.98. The van der Waals surface area contributed by atoms with Crippen LogP contribution in [-0.4, -0.2) is 16.1 Å². The van der Waals surface area contributed by atoms with Gasteiger partial charge in [-0.05, 0) is 18.6 Å². The van der Waals surface area contributed by atoms with Gasteiger partial charge >= 0.3 is 5.88 Å². The Morgan fingerprint density at radius 1 is 1.15 bits per heavy atom. The fourth-order valence-electron chi connectivity index (χ4n) is 1.49. The van der Waals surface area contributed by atoms with E-state index in [1.807, 2.05) is 0 Å². The van der Waals surface area contributed by atoms with Crippen LogP contribution in [-0.2, 0) is 0 Å². The maximum absolute atomic E-state index is 10.7. The van der Waals surface area contributed by atoms with Crippen LogP contribution in [0.2, 0.25) is 0 Å². The maximum Gasteiger partial charge on any atom is 0.433 e. The van der Waals surface area contributed by atoms with Crippen LogP contribution in [0, 0.1) is 27.2 Å². The van der Waals surface area contributed by atoms with Gasteiger partial charge in [0.05, 0.1) is 22.9 Å². The van der Waals surface area contributed by atoms with Gasteiger partial charge in [-0.2, -0.15) is 0 Å². The third kappa shape index (κ3) is 2.86. The Balaban J connectivity index is 2.28. The Bertz CT molecular complexity index is 705. The summed E-state index contributed by atoms with van der Waals surface area (Å²) in [5, 5.41) is 21.1. The van der Waals surface area contributed by atoms with Crippen LogP contribution in [0.4, 0.5) is 17.3 Å². The molecule has 0 bridgehead atoms. The molecule has 0 aliphatic carbocycles. The number of rotatable bonds is 4. The molecule has 2 aromatic rings. The van der Waals surface area contributed by atoms with Crippen molar-refractivity contribution in [1.82, 2.24) is 0 Å². The smallest absolute Gasteiger partial charge is 0.400 e. The Hall–Kier alpha value is -3.03. The number of hydrogen-bond donors (Lipinski definition) is 0. The Morgan fingerprint density at radius 3 is 2.50 bits per heavy atom. The van der Waals surface area contributed by atoms with Crippen molar-refractivity contribution in [1.29, 1.82) is 0 Å². The molecule has 0 saturated carbocycles. The number of nitrogens with zero attached hydrogens (tertiary/aromatic N) is 3. The van der Waals surface area contributed by atoms with E-state index in [1.165, 1.54) is 30.5 Å². The quantitative estimate of drug-likeness (QED) is 0.483. The minimum absolute atomic E-state index is 0.0758. The topological polar surface area (TPSA) is 112 Å². The number of hydrogen-bond acceptors (Lipinski definition) is 6. The maximum atomic E-state index is 10.7. The van der Waals surface area contributed by atoms with Crippen LogP contribution in [0.3, 0.4) is 0 Å². The molecule has 0 spiro atoms. The Morgan fingerprint density at radius 2 is 1.90 bits per heavy atom. The number of benzene rings is 1. The molecule has 20 heavy (non-hydrogen) atoms. The van der Waals surface area contributed by atoms with E-state index in [-0.39, 0.29) is 17.3 Å². The molecule has 0 amide bonds. The fourth-order valence-corrected chi connectivity index (χ4v) is 1.49. The van der Waals surface area contributed by atoms with Gasteiger partial charge in [0, 0.05) is 12.1 Å². The highest BCUT2D eigenvalue weighted by Gasteiger charge is 2.11. The summed E-state index contributed by atoms with van der Waals surface area (Å²) in [4.78, 5) is 24.0. The molecule has 8 heteroatoms. The van der Waals surface area contributed by atoms with Gasteiger partial charge in [-0.1, -0.05) is 6.07 Å². The van der Waals surface area contributed by atoms with Gasteiger partial charge in [0.1, 0.15) is 4.92 Å². The van der Waals surface area contributed by atoms with Gasteiger partial charge in [0.2, 0.25) is 0 Å². The number of non-ortho nitro benzene ring substituents is 1. The van der Waals surface area contributed by atoms with Crippen molar-refractivity contribution in [2.75, 3.05) is 0 Å². The second-order valence-corrected chi connectivity index (χ2v) is 3.92. The van der Waals surface area contributed by atoms with Crippen molar-refractivity contribution < 1.29 is 14.3 Å². The zero-order chi connectivity index (χ0) is 14.7. The second-order valence-electron chi connectivity index (χ2n) is 3.92. The van der Waals surface area contributed by atoms with Gasteiger partial charge in [-0.3, -0.25) is 25.2 Å². The molecular weight excluding hydrogens is 266 g/mol. The Kier molecular flexibility index (Phi) is 3.56. The predicted molar refractivity (Wildman–Crippen MR) is 70.4 cm³/mol. The summed E-state index contributed by atoms with van der Waals surface area (Å²) in [5.41, 5.74) is 1.07. The largest absolute Gasteiger partial charge is 0.433 e. The highest BCUT2D eigenvalue weighted by molar-refractivity contribution is 5.79. The molecule has 0 aliphatic rings. The second kappa shape index (κ2) is 5.31. The minimum Gasteiger partial charge on any atom is -0.400 e. The SMILES string of the molecule is Cc1ccc([N+](=O)[O-])cc1N=Cc1ccc([N+](=O)[O-])o1. The van der Waals surface area contributed by atoms with E-state index in [4.69, 9.17) is 4.42 Å². The standard InChI is InChI=1S/C12H9N3O5/c1-8-2-3-9(14(16)17)6-11(8)13-7-10-4-5-12(20-10)15(18)19/h2-7H,1H3. The lowest BCUT2D eigenvalue weighted by Crippen LogP contribution is -1.88. The lowest BCUT2D eigenvalue weighted by atomic mass is 10.2. The van der Waals surface area contributed by atoms with Crippen LogP contribution in [0.25, 0.3) is 0 Å². The van der Waals surface area contributed by atoms with E-state index in [0.29, 0.717) is 5.69 Å². The van der Waals surface area contributed by atoms with Gasteiger partial charge in [-0.15, -0.1) is 0 Å². The molecular formula is C12H9N3O5. The first kappa shape index (κ1) is 13.4. The summed E-state index contributed by atoms with van der Waals surface area (Å²) in [5.74, 6) is -0.190. The molecule has 1 aromatic heterocycles. The van der Waals surface area contributed by atoms with Crippen LogP contribution in [0.1, 0.15) is 11.3 Å². The van der Waals surface area contributed by atoms with E-state index in [1.54, 1.807) is 13.0 Å². The van der Waals surface area contributed by atoms with Gasteiger partial charge < -0.3 is 4.42 Å². The number of aliphatic imine (C=N–C) groups is 1. The molecule has 0 atom stereocenters. The molecule has 2 rings (SSSR count). The molecule has 0 fully saturated rings. The van der Waals surface area contributed by atoms with Crippen LogP contribution < -0.4 is 0 Å². The van der Waals surface area contributed by atoms with Crippen LogP contribution in [0.15, 0.2) is 39.7 Å². The summed E-state index contributed by atoms with van der Waals surface area (Å²) in [7, 11) is 0. The van der Waals surface area contributed by atoms with E-state index >= 15 is 0 Å². The molecule has 1 aromatic carbocycles. The molecule has 0 unspecified atom stereocenters. The third-order valence-corrected chi connectivity index (χ3v) is 2.53. The predicted octanol–water partition coefficient (Wildman–Crippen LogP) is 3.16. The normalized spacial score (nSPS) is 10.8. The first-order valence-corrected chi connectivity index (χ1v) is 5.50. The van der Waals surface area contributed by atoms with Crippen LogP contribution in [0.5, 0.6) is 0 Å². The lowest BCUT2D eigenvalue weighted by molar-refractivity contribution is -0.402. The first-order valence-electron chi connectivity index (χ1n) is 5.50. The van der Waals surface area contributed by atoms with Gasteiger partial charge in [0.15, 0.2) is 5.76 Å². The van der Waals surface area contributed by atoms with E-state index in [2.05, 4.69) is 4.99 Å². The third-order valence-electron chi connectivity index (χ3n) is 2.53. The van der Waals surface area contributed by atoms with Crippen molar-refractivity contribution >= 4 is 23.5 Å². The molecule has 8 nitrogen and oxygen atoms in total. The molecule has 102 valence electrons. The van der Waals surface area contributed by atoms with E-state index in [0.717, 1.165) is 5.56 Å². The van der Waals surface area contributed by atoms with Crippen LogP contribution >= 0.6 is 0 Å². The molecule has 1 heterocycles. The monoisotopic (exact) mass is 275 g/mol. The molecule has 0 aliphatic heterocycles. The van der Waals surface area contributed by atoms with Gasteiger partial charge in [0.25, 0.3) is 5.69 Å². The average Bonchev–Trinajstić information content (AvgIpc) is 2.86. The molecule has 0 N–H and O–H groups in total. The van der Waals surface area contributed by atoms with E-state index < -0.39 is 9.85 Å².